The highest BCUT2D eigenvalue weighted by Gasteiger charge is 2.30. The molecule has 12 nitrogen and oxygen atoms in total. The van der Waals surface area contributed by atoms with Crippen LogP contribution in [0.25, 0.3) is 0 Å². The first-order valence-electron chi connectivity index (χ1n) is 10.1. The summed E-state index contributed by atoms with van der Waals surface area (Å²) < 4.78 is 0. The summed E-state index contributed by atoms with van der Waals surface area (Å²) in [6.45, 7) is 3.23. The van der Waals surface area contributed by atoms with Gasteiger partial charge in [-0.05, 0) is 19.8 Å². The van der Waals surface area contributed by atoms with Crippen molar-refractivity contribution >= 4 is 35.6 Å². The summed E-state index contributed by atoms with van der Waals surface area (Å²) in [6, 6.07) is -4.08. The minimum Gasteiger partial charge on any atom is -0.481 e. The number of rotatable bonds is 16. The first-order valence-corrected chi connectivity index (χ1v) is 10.1. The van der Waals surface area contributed by atoms with E-state index in [1.165, 1.54) is 6.92 Å². The topological polar surface area (TPSA) is 203 Å². The Labute approximate surface area is 180 Å². The van der Waals surface area contributed by atoms with Crippen LogP contribution in [0, 0.1) is 0 Å². The lowest BCUT2D eigenvalue weighted by Crippen LogP contribution is -2.56. The van der Waals surface area contributed by atoms with E-state index in [9.17, 15) is 28.8 Å². The third kappa shape index (κ3) is 12.9. The van der Waals surface area contributed by atoms with Gasteiger partial charge in [-0.2, -0.15) is 0 Å². The molecule has 0 rings (SSSR count). The Bertz CT molecular complexity index is 667. The normalized spacial score (nSPS) is 13.4. The van der Waals surface area contributed by atoms with Gasteiger partial charge in [0, 0.05) is 12.8 Å². The summed E-state index contributed by atoms with van der Waals surface area (Å²) in [7, 11) is 0. The van der Waals surface area contributed by atoms with Crippen LogP contribution in [0.15, 0.2) is 0 Å². The van der Waals surface area contributed by atoms with Crippen molar-refractivity contribution in [3.05, 3.63) is 0 Å². The second-order valence-corrected chi connectivity index (χ2v) is 7.12. The molecule has 12 heteroatoms. The monoisotopic (exact) mass is 443 g/mol. The van der Waals surface area contributed by atoms with Crippen LogP contribution in [0.2, 0.25) is 0 Å². The molecule has 175 valence electrons. The van der Waals surface area contributed by atoms with E-state index >= 15 is 0 Å². The average Bonchev–Trinajstić information content (AvgIpc) is 2.67. The second-order valence-electron chi connectivity index (χ2n) is 7.12. The fraction of sp³-hybridized carbons (Fsp3) is 0.684. The van der Waals surface area contributed by atoms with Crippen molar-refractivity contribution in [3.8, 4) is 0 Å². The fourth-order valence-electron chi connectivity index (χ4n) is 2.55. The van der Waals surface area contributed by atoms with E-state index in [1.54, 1.807) is 0 Å². The first kappa shape index (κ1) is 27.8. The fourth-order valence-corrected chi connectivity index (χ4v) is 2.55. The van der Waals surface area contributed by atoms with Gasteiger partial charge in [0.05, 0.1) is 6.42 Å². The Morgan fingerprint density at radius 2 is 1.42 bits per heavy atom. The number of carboxylic acids is 2. The number of nitrogens with one attached hydrogen (secondary N) is 4. The van der Waals surface area contributed by atoms with Crippen LogP contribution in [0.4, 0.5) is 0 Å². The third-order valence-corrected chi connectivity index (χ3v) is 4.32. The number of hydrogen-bond donors (Lipinski definition) is 5. The summed E-state index contributed by atoms with van der Waals surface area (Å²) in [5.74, 6) is -6.09. The molecule has 0 aliphatic rings. The summed E-state index contributed by atoms with van der Waals surface area (Å²) in [5.41, 5.74) is 6.96. The first-order chi connectivity index (χ1) is 14.5. The van der Waals surface area contributed by atoms with E-state index in [2.05, 4.69) is 16.0 Å². The second kappa shape index (κ2) is 14.7. The number of carbonyl (C=O) groups is 6. The lowest BCUT2D eigenvalue weighted by Gasteiger charge is -2.23. The van der Waals surface area contributed by atoms with Gasteiger partial charge in [-0.3, -0.25) is 34.5 Å². The van der Waals surface area contributed by atoms with Gasteiger partial charge in [-0.15, -0.1) is 0 Å². The zero-order chi connectivity index (χ0) is 24.0. The van der Waals surface area contributed by atoms with Gasteiger partial charge in [-0.25, -0.2) is 0 Å². The van der Waals surface area contributed by atoms with Crippen molar-refractivity contribution < 1.29 is 39.0 Å². The van der Waals surface area contributed by atoms with E-state index < -0.39 is 66.5 Å². The molecule has 0 fully saturated rings. The summed E-state index contributed by atoms with van der Waals surface area (Å²) in [5, 5.41) is 24.6. The molecule has 0 aliphatic carbocycles. The average molecular weight is 443 g/mol. The van der Waals surface area contributed by atoms with Gasteiger partial charge in [0.15, 0.2) is 0 Å². The zero-order valence-corrected chi connectivity index (χ0v) is 17.7. The molecule has 31 heavy (non-hydrogen) atoms. The van der Waals surface area contributed by atoms with Crippen LogP contribution >= 0.6 is 0 Å². The highest BCUT2D eigenvalue weighted by atomic mass is 16.4. The molecule has 0 aromatic carbocycles. The van der Waals surface area contributed by atoms with Gasteiger partial charge >= 0.3 is 11.9 Å². The highest BCUT2D eigenvalue weighted by molar-refractivity contribution is 5.95. The number of unbranched alkanes of at least 4 members (excludes halogenated alkanes) is 3. The van der Waals surface area contributed by atoms with Crippen molar-refractivity contribution in [2.75, 3.05) is 0 Å². The quantitative estimate of drug-likeness (QED) is 0.198. The SMILES string of the molecule is CCCCCCC(=O)N[C@@H](CCC(=O)O)C(=O)N[C@@H](CC(=O)O)C(=O)N[C@@H](C)C([NH])=O. The van der Waals surface area contributed by atoms with Crippen molar-refractivity contribution in [1.82, 2.24) is 21.7 Å². The Kier molecular flexibility index (Phi) is 13.2. The molecule has 0 unspecified atom stereocenters. The molecule has 4 amide bonds. The van der Waals surface area contributed by atoms with Crippen molar-refractivity contribution in [2.24, 2.45) is 0 Å². The Morgan fingerprint density at radius 1 is 0.806 bits per heavy atom. The van der Waals surface area contributed by atoms with Crippen LogP contribution < -0.4 is 21.7 Å². The molecule has 6 N–H and O–H groups in total. The predicted molar refractivity (Wildman–Crippen MR) is 107 cm³/mol. The molecule has 0 spiro atoms. The predicted octanol–water partition coefficient (Wildman–Crippen LogP) is -0.420. The van der Waals surface area contributed by atoms with E-state index in [0.717, 1.165) is 19.3 Å². The molecule has 1 radical (unpaired) electrons. The summed E-state index contributed by atoms with van der Waals surface area (Å²) in [4.78, 5) is 69.9. The molecular weight excluding hydrogens is 412 g/mol. The van der Waals surface area contributed by atoms with Crippen LogP contribution in [-0.2, 0) is 28.8 Å². The molecular formula is C19H31N4O8. The molecule has 0 bridgehead atoms. The number of aliphatic carboxylic acids is 2. The van der Waals surface area contributed by atoms with Crippen LogP contribution in [0.1, 0.15) is 65.2 Å². The zero-order valence-electron chi connectivity index (χ0n) is 17.7. The minimum absolute atomic E-state index is 0.138. The van der Waals surface area contributed by atoms with Crippen molar-refractivity contribution in [3.63, 3.8) is 0 Å². The smallest absolute Gasteiger partial charge is 0.305 e. The van der Waals surface area contributed by atoms with E-state index in [-0.39, 0.29) is 12.8 Å². The van der Waals surface area contributed by atoms with E-state index in [1.807, 2.05) is 6.92 Å². The van der Waals surface area contributed by atoms with Gasteiger partial charge in [-0.1, -0.05) is 26.2 Å². The molecule has 0 aromatic heterocycles. The van der Waals surface area contributed by atoms with Crippen LogP contribution in [0.3, 0.4) is 0 Å². The number of carboxylic acid groups (broad SMARTS) is 2. The maximum Gasteiger partial charge on any atom is 0.305 e. The van der Waals surface area contributed by atoms with Gasteiger partial charge in [0.1, 0.15) is 18.1 Å². The largest absolute Gasteiger partial charge is 0.481 e. The van der Waals surface area contributed by atoms with E-state index in [4.69, 9.17) is 15.9 Å². The molecule has 0 heterocycles. The Hall–Kier alpha value is -3.18. The van der Waals surface area contributed by atoms with Gasteiger partial charge < -0.3 is 26.2 Å². The number of carbonyl (C=O) groups excluding carboxylic acids is 4. The van der Waals surface area contributed by atoms with Crippen molar-refractivity contribution in [1.29, 1.82) is 0 Å². The van der Waals surface area contributed by atoms with Gasteiger partial charge in [0.25, 0.3) is 5.91 Å². The van der Waals surface area contributed by atoms with Gasteiger partial charge in [0.2, 0.25) is 17.7 Å². The molecule has 0 aliphatic heterocycles. The Balaban J connectivity index is 5.20. The summed E-state index contributed by atoms with van der Waals surface area (Å²) >= 11 is 0. The Morgan fingerprint density at radius 3 is 1.94 bits per heavy atom. The highest BCUT2D eigenvalue weighted by Crippen LogP contribution is 2.05. The molecule has 0 saturated heterocycles. The summed E-state index contributed by atoms with van der Waals surface area (Å²) in [6.07, 6.45) is 1.97. The molecule has 0 aromatic rings. The van der Waals surface area contributed by atoms with Crippen molar-refractivity contribution in [2.45, 2.75) is 83.3 Å². The number of hydrogen-bond acceptors (Lipinski definition) is 6. The lowest BCUT2D eigenvalue weighted by atomic mass is 10.1. The van der Waals surface area contributed by atoms with Crippen LogP contribution in [-0.4, -0.2) is 63.9 Å². The standard InChI is InChI=1S/C19H31N4O8/c1-3-4-5-6-7-14(24)22-12(8-9-15(25)26)18(30)23-13(10-16(27)28)19(31)21-11(2)17(20)29/h11-13,20H,3-10H2,1-2H3,(H,21,31)(H,22,24)(H,23,30)(H,25,26)(H,27,28)/t11-,12-,13-/m0/s1. The maximum absolute atomic E-state index is 12.6. The maximum atomic E-state index is 12.6. The van der Waals surface area contributed by atoms with Crippen LogP contribution in [0.5, 0.6) is 0 Å². The minimum atomic E-state index is -1.58. The third-order valence-electron chi connectivity index (χ3n) is 4.32. The van der Waals surface area contributed by atoms with E-state index in [0.29, 0.717) is 6.42 Å². The molecule has 3 atom stereocenters. The number of amides is 4. The molecule has 0 saturated carbocycles. The lowest BCUT2D eigenvalue weighted by molar-refractivity contribution is -0.141.